The average Bonchev–Trinajstić information content (AvgIpc) is 2.36. The third kappa shape index (κ3) is 3.42. The molecule has 100 valence electrons. The highest BCUT2D eigenvalue weighted by molar-refractivity contribution is 5.82. The molecule has 2 N–H and O–H groups in total. The van der Waals surface area contributed by atoms with Gasteiger partial charge >= 0.3 is 0 Å². The van der Waals surface area contributed by atoms with Gasteiger partial charge in [0.25, 0.3) is 0 Å². The van der Waals surface area contributed by atoms with Crippen molar-refractivity contribution in [3.05, 3.63) is 0 Å². The van der Waals surface area contributed by atoms with Gasteiger partial charge in [-0.3, -0.25) is 4.79 Å². The molecule has 0 aliphatic carbocycles. The van der Waals surface area contributed by atoms with E-state index in [0.717, 1.165) is 25.8 Å². The topological polar surface area (TPSA) is 55.6 Å². The van der Waals surface area contributed by atoms with Gasteiger partial charge < -0.3 is 15.4 Å². The molecule has 0 saturated carbocycles. The van der Waals surface area contributed by atoms with E-state index in [1.807, 2.05) is 11.8 Å². The first-order valence-electron chi connectivity index (χ1n) is 6.53. The second-order valence-corrected chi connectivity index (χ2v) is 5.43. The number of carbonyl (C=O) groups excluding carboxylic acids is 1. The van der Waals surface area contributed by atoms with Gasteiger partial charge in [0.1, 0.15) is 0 Å². The number of hydrogen-bond donors (Lipinski definition) is 1. The Balaban J connectivity index is 2.63. The molecule has 1 amide bonds. The molecule has 1 unspecified atom stereocenters. The van der Waals surface area contributed by atoms with E-state index in [1.165, 1.54) is 0 Å². The first kappa shape index (κ1) is 14.5. The Kier molecular flexibility index (Phi) is 4.95. The van der Waals surface area contributed by atoms with Crippen LogP contribution in [0.15, 0.2) is 0 Å². The Morgan fingerprint density at radius 2 is 2.24 bits per heavy atom. The molecule has 0 spiro atoms. The molecule has 1 aliphatic rings. The van der Waals surface area contributed by atoms with Gasteiger partial charge in [0, 0.05) is 20.2 Å². The molecule has 0 aromatic carbocycles. The Hall–Kier alpha value is -0.610. The van der Waals surface area contributed by atoms with E-state index in [1.54, 1.807) is 7.11 Å². The van der Waals surface area contributed by atoms with Crippen molar-refractivity contribution < 1.29 is 9.53 Å². The number of hydrogen-bond acceptors (Lipinski definition) is 3. The average molecular weight is 242 g/mol. The van der Waals surface area contributed by atoms with E-state index < -0.39 is 0 Å². The molecular weight excluding hydrogens is 216 g/mol. The summed E-state index contributed by atoms with van der Waals surface area (Å²) in [5.74, 6) is 0.306. The molecule has 4 nitrogen and oxygen atoms in total. The van der Waals surface area contributed by atoms with Gasteiger partial charge in [0.05, 0.1) is 11.6 Å². The molecule has 1 heterocycles. The van der Waals surface area contributed by atoms with Crippen molar-refractivity contribution in [1.29, 1.82) is 0 Å². The molecule has 1 fully saturated rings. The minimum Gasteiger partial charge on any atom is -0.377 e. The SMILES string of the molecule is CC[C@H](C)[C@H](N)C(=O)N1CCCC(C)(OC)C1. The smallest absolute Gasteiger partial charge is 0.239 e. The van der Waals surface area contributed by atoms with Crippen molar-refractivity contribution in [2.75, 3.05) is 20.2 Å². The van der Waals surface area contributed by atoms with E-state index in [-0.39, 0.29) is 23.5 Å². The van der Waals surface area contributed by atoms with Gasteiger partial charge in [-0.1, -0.05) is 20.3 Å². The summed E-state index contributed by atoms with van der Waals surface area (Å²) in [6, 6.07) is -0.376. The van der Waals surface area contributed by atoms with Crippen LogP contribution in [-0.4, -0.2) is 42.6 Å². The number of piperidine rings is 1. The fraction of sp³-hybridized carbons (Fsp3) is 0.923. The summed E-state index contributed by atoms with van der Waals surface area (Å²) in [5, 5.41) is 0. The van der Waals surface area contributed by atoms with Crippen molar-refractivity contribution in [2.45, 2.75) is 51.7 Å². The monoisotopic (exact) mass is 242 g/mol. The van der Waals surface area contributed by atoms with Gasteiger partial charge in [-0.05, 0) is 25.7 Å². The van der Waals surface area contributed by atoms with Gasteiger partial charge in [-0.2, -0.15) is 0 Å². The third-order valence-corrected chi connectivity index (χ3v) is 4.01. The van der Waals surface area contributed by atoms with Crippen LogP contribution in [0.2, 0.25) is 0 Å². The van der Waals surface area contributed by atoms with Gasteiger partial charge in [-0.25, -0.2) is 0 Å². The fourth-order valence-corrected chi connectivity index (χ4v) is 2.27. The zero-order valence-electron chi connectivity index (χ0n) is 11.5. The fourth-order valence-electron chi connectivity index (χ4n) is 2.27. The molecule has 0 aromatic heterocycles. The summed E-state index contributed by atoms with van der Waals surface area (Å²) in [6.45, 7) is 7.62. The van der Waals surface area contributed by atoms with Crippen LogP contribution in [0.4, 0.5) is 0 Å². The largest absolute Gasteiger partial charge is 0.377 e. The lowest BCUT2D eigenvalue weighted by atomic mass is 9.92. The summed E-state index contributed by atoms with van der Waals surface area (Å²) < 4.78 is 5.49. The van der Waals surface area contributed by atoms with Crippen LogP contribution in [0.5, 0.6) is 0 Å². The van der Waals surface area contributed by atoms with E-state index in [0.29, 0.717) is 6.54 Å². The summed E-state index contributed by atoms with van der Waals surface area (Å²) >= 11 is 0. The number of amides is 1. The van der Waals surface area contributed by atoms with Crippen molar-refractivity contribution in [3.8, 4) is 0 Å². The van der Waals surface area contributed by atoms with Crippen molar-refractivity contribution in [3.63, 3.8) is 0 Å². The molecular formula is C13H26N2O2. The minimum absolute atomic E-state index is 0.0716. The maximum atomic E-state index is 12.2. The van der Waals surface area contributed by atoms with Crippen LogP contribution in [0.1, 0.15) is 40.0 Å². The standard InChI is InChI=1S/C13H26N2O2/c1-5-10(2)11(14)12(16)15-8-6-7-13(3,9-15)17-4/h10-11H,5-9,14H2,1-4H3/t10-,11-,13?/m0/s1. The Morgan fingerprint density at radius 3 is 2.76 bits per heavy atom. The number of rotatable bonds is 4. The highest BCUT2D eigenvalue weighted by Crippen LogP contribution is 2.24. The zero-order chi connectivity index (χ0) is 13.1. The van der Waals surface area contributed by atoms with Crippen LogP contribution in [-0.2, 0) is 9.53 Å². The normalized spacial score (nSPS) is 28.9. The lowest BCUT2D eigenvalue weighted by Crippen LogP contribution is -2.55. The predicted molar refractivity (Wildman–Crippen MR) is 68.7 cm³/mol. The molecule has 3 atom stereocenters. The summed E-state index contributed by atoms with van der Waals surface area (Å²) in [4.78, 5) is 14.1. The van der Waals surface area contributed by atoms with Crippen molar-refractivity contribution in [2.24, 2.45) is 11.7 Å². The minimum atomic E-state index is -0.376. The van der Waals surface area contributed by atoms with Crippen LogP contribution in [0.3, 0.4) is 0 Å². The predicted octanol–water partition coefficient (Wildman–Crippen LogP) is 1.39. The molecule has 0 radical (unpaired) electrons. The maximum absolute atomic E-state index is 12.2. The number of carbonyl (C=O) groups is 1. The second kappa shape index (κ2) is 5.83. The number of methoxy groups -OCH3 is 1. The van der Waals surface area contributed by atoms with Crippen LogP contribution in [0, 0.1) is 5.92 Å². The molecule has 17 heavy (non-hydrogen) atoms. The molecule has 1 saturated heterocycles. The number of ether oxygens (including phenoxy) is 1. The number of nitrogens with zero attached hydrogens (tertiary/aromatic N) is 1. The first-order valence-corrected chi connectivity index (χ1v) is 6.53. The van der Waals surface area contributed by atoms with Crippen LogP contribution < -0.4 is 5.73 Å². The molecule has 0 aromatic rings. The summed E-state index contributed by atoms with van der Waals surface area (Å²) in [7, 11) is 1.71. The van der Waals surface area contributed by atoms with Gasteiger partial charge in [0.2, 0.25) is 5.91 Å². The van der Waals surface area contributed by atoms with Crippen molar-refractivity contribution >= 4 is 5.91 Å². The van der Waals surface area contributed by atoms with Gasteiger partial charge in [-0.15, -0.1) is 0 Å². The summed E-state index contributed by atoms with van der Waals surface area (Å²) in [5.41, 5.74) is 5.79. The molecule has 4 heteroatoms. The van der Waals surface area contributed by atoms with E-state index in [4.69, 9.17) is 10.5 Å². The Bertz CT molecular complexity index is 270. The zero-order valence-corrected chi connectivity index (χ0v) is 11.5. The number of nitrogens with two attached hydrogens (primary N) is 1. The lowest BCUT2D eigenvalue weighted by Gasteiger charge is -2.40. The van der Waals surface area contributed by atoms with Crippen LogP contribution in [0.25, 0.3) is 0 Å². The Labute approximate surface area is 104 Å². The molecule has 0 bridgehead atoms. The highest BCUT2D eigenvalue weighted by atomic mass is 16.5. The Morgan fingerprint density at radius 1 is 1.59 bits per heavy atom. The number of likely N-dealkylation sites (tertiary alicyclic amines) is 1. The van der Waals surface area contributed by atoms with Crippen LogP contribution >= 0.6 is 0 Å². The van der Waals surface area contributed by atoms with E-state index in [2.05, 4.69) is 13.8 Å². The lowest BCUT2D eigenvalue weighted by molar-refractivity contribution is -0.141. The highest BCUT2D eigenvalue weighted by Gasteiger charge is 2.35. The van der Waals surface area contributed by atoms with Crippen molar-refractivity contribution in [1.82, 2.24) is 4.90 Å². The first-order chi connectivity index (χ1) is 7.93. The molecule has 1 rings (SSSR count). The third-order valence-electron chi connectivity index (χ3n) is 4.01. The van der Waals surface area contributed by atoms with E-state index in [9.17, 15) is 4.79 Å². The molecule has 1 aliphatic heterocycles. The van der Waals surface area contributed by atoms with E-state index >= 15 is 0 Å². The maximum Gasteiger partial charge on any atom is 0.239 e. The second-order valence-electron chi connectivity index (χ2n) is 5.43. The van der Waals surface area contributed by atoms with Gasteiger partial charge in [0.15, 0.2) is 0 Å². The summed E-state index contributed by atoms with van der Waals surface area (Å²) in [6.07, 6.45) is 2.93. The quantitative estimate of drug-likeness (QED) is 0.810.